The van der Waals surface area contributed by atoms with Crippen molar-refractivity contribution in [3.8, 4) is 0 Å². The second kappa shape index (κ2) is 6.70. The van der Waals surface area contributed by atoms with Crippen LogP contribution in [0.2, 0.25) is 0 Å². The van der Waals surface area contributed by atoms with E-state index in [-0.39, 0.29) is 6.61 Å². The predicted molar refractivity (Wildman–Crippen MR) is 81.7 cm³/mol. The van der Waals surface area contributed by atoms with Gasteiger partial charge >= 0.3 is 0 Å². The van der Waals surface area contributed by atoms with E-state index >= 15 is 0 Å². The summed E-state index contributed by atoms with van der Waals surface area (Å²) in [5, 5.41) is 20.5. The monoisotopic (exact) mass is 282 g/mol. The Morgan fingerprint density at radius 2 is 1.95 bits per heavy atom. The third kappa shape index (κ3) is 3.60. The van der Waals surface area contributed by atoms with Gasteiger partial charge in [0.15, 0.2) is 0 Å². The number of aliphatic hydroxyl groups excluding tert-OH is 1. The summed E-state index contributed by atoms with van der Waals surface area (Å²) in [4.78, 5) is 0.733. The maximum atomic E-state index is 11.3. The van der Waals surface area contributed by atoms with Crippen molar-refractivity contribution in [2.75, 3.05) is 20.5 Å². The lowest BCUT2D eigenvalue weighted by Gasteiger charge is -2.41. The fourth-order valence-electron chi connectivity index (χ4n) is 2.97. The molecule has 112 valence electrons. The molecule has 1 aromatic carbocycles. The van der Waals surface area contributed by atoms with Gasteiger partial charge in [-0.2, -0.15) is 0 Å². The topological polar surface area (TPSA) is 43.7 Å². The van der Waals surface area contributed by atoms with E-state index in [4.69, 9.17) is 6.85 Å². The van der Waals surface area contributed by atoms with Gasteiger partial charge < -0.3 is 15.1 Å². The molecule has 1 aliphatic carbocycles. The van der Waals surface area contributed by atoms with E-state index in [0.717, 1.165) is 24.2 Å². The van der Waals surface area contributed by atoms with Crippen LogP contribution < -0.4 is 0 Å². The van der Waals surface area contributed by atoms with E-state index in [1.165, 1.54) is 7.05 Å². The number of nitrogens with zero attached hydrogens (tertiary/aromatic N) is 1. The third-order valence-electron chi connectivity index (χ3n) is 4.08. The first kappa shape index (κ1) is 9.93. The molecule has 0 heterocycles. The van der Waals surface area contributed by atoms with E-state index in [1.54, 1.807) is 24.3 Å². The van der Waals surface area contributed by atoms with E-state index < -0.39 is 25.0 Å². The lowest BCUT2D eigenvalue weighted by Crippen LogP contribution is -2.42. The Hall–Kier alpha value is -0.900. The summed E-state index contributed by atoms with van der Waals surface area (Å²) in [6.07, 6.45) is 3.43. The van der Waals surface area contributed by atoms with Crippen LogP contribution in [0.3, 0.4) is 0 Å². The molecule has 2 N–H and O–H groups in total. The Balaban J connectivity index is 2.51. The average Bonchev–Trinajstić information content (AvgIpc) is 2.54. The maximum Gasteiger partial charge on any atom is 0.0728 e. The van der Waals surface area contributed by atoms with Crippen LogP contribution in [0.5, 0.6) is 0 Å². The van der Waals surface area contributed by atoms with Gasteiger partial charge in [-0.05, 0) is 38.0 Å². The molecule has 3 heteroatoms. The highest BCUT2D eigenvalue weighted by atomic mass is 16.3. The summed E-state index contributed by atoms with van der Waals surface area (Å²) >= 11 is 0. The molecule has 0 spiro atoms. The van der Waals surface area contributed by atoms with Crippen LogP contribution in [0.15, 0.2) is 24.3 Å². The van der Waals surface area contributed by atoms with E-state index in [0.29, 0.717) is 24.0 Å². The molecule has 1 aliphatic rings. The Morgan fingerprint density at radius 1 is 1.30 bits per heavy atom. The van der Waals surface area contributed by atoms with E-state index in [1.807, 2.05) is 0 Å². The third-order valence-corrected chi connectivity index (χ3v) is 4.08. The first-order valence-corrected chi connectivity index (χ1v) is 7.18. The van der Waals surface area contributed by atoms with Crippen LogP contribution in [-0.2, 0) is 6.61 Å². The Bertz CT molecular complexity index is 567. The molecule has 3 nitrogen and oxygen atoms in total. The van der Waals surface area contributed by atoms with Crippen molar-refractivity contribution in [1.29, 1.82) is 0 Å². The van der Waals surface area contributed by atoms with Crippen LogP contribution in [0.25, 0.3) is 0 Å². The quantitative estimate of drug-likeness (QED) is 0.872. The highest BCUT2D eigenvalue weighted by Crippen LogP contribution is 2.40. The first-order valence-electron chi connectivity index (χ1n) is 9.68. The van der Waals surface area contributed by atoms with Gasteiger partial charge in [0, 0.05) is 19.3 Å². The zero-order valence-corrected chi connectivity index (χ0v) is 12.0. The van der Waals surface area contributed by atoms with Crippen molar-refractivity contribution in [1.82, 2.24) is 4.90 Å². The van der Waals surface area contributed by atoms with Crippen molar-refractivity contribution >= 4 is 0 Å². The van der Waals surface area contributed by atoms with Crippen LogP contribution in [0, 0.1) is 0 Å². The number of rotatable bonds is 5. The van der Waals surface area contributed by atoms with Crippen molar-refractivity contribution in [3.05, 3.63) is 35.4 Å². The second-order valence-corrected chi connectivity index (χ2v) is 5.69. The summed E-state index contributed by atoms with van der Waals surface area (Å²) in [5.74, 6) is -1.00. The van der Waals surface area contributed by atoms with Crippen LogP contribution >= 0.6 is 0 Å². The molecule has 1 saturated carbocycles. The fraction of sp³-hybridized carbons (Fsp3) is 0.647. The summed E-state index contributed by atoms with van der Waals surface area (Å²) in [6, 6.07) is 6.71. The van der Waals surface area contributed by atoms with Gasteiger partial charge in [0.2, 0.25) is 0 Å². The molecule has 1 atom stereocenters. The Morgan fingerprint density at radius 3 is 2.50 bits per heavy atom. The minimum atomic E-state index is -2.61. The summed E-state index contributed by atoms with van der Waals surface area (Å²) in [5.41, 5.74) is -0.0762. The fourth-order valence-corrected chi connectivity index (χ4v) is 2.97. The summed E-state index contributed by atoms with van der Waals surface area (Å²) in [7, 11) is 1.23. The van der Waals surface area contributed by atoms with Crippen LogP contribution in [0.4, 0.5) is 0 Å². The Labute approximate surface area is 129 Å². The summed E-state index contributed by atoms with van der Waals surface area (Å²) < 4.78 is 39.9. The number of hydrogen-bond acceptors (Lipinski definition) is 3. The molecular weight excluding hydrogens is 250 g/mol. The predicted octanol–water partition coefficient (Wildman–Crippen LogP) is 2.52. The SMILES string of the molecule is [2H]C([2H])([2H])N(C)C([2H])([2H])[C@@H](c1ccc(CO)cc1)C1(O)CCCCC1. The van der Waals surface area contributed by atoms with Crippen LogP contribution in [0.1, 0.15) is 56.0 Å². The molecule has 1 aromatic rings. The van der Waals surface area contributed by atoms with Gasteiger partial charge in [0.05, 0.1) is 12.2 Å². The smallest absolute Gasteiger partial charge is 0.0728 e. The minimum absolute atomic E-state index is 0.128. The largest absolute Gasteiger partial charge is 0.392 e. The average molecular weight is 282 g/mol. The number of benzene rings is 1. The number of aliphatic hydroxyl groups is 2. The highest BCUT2D eigenvalue weighted by molar-refractivity contribution is 5.28. The summed E-state index contributed by atoms with van der Waals surface area (Å²) in [6.45, 7) is -5.01. The van der Waals surface area contributed by atoms with E-state index in [9.17, 15) is 10.2 Å². The van der Waals surface area contributed by atoms with Crippen LogP contribution in [-0.4, -0.2) is 41.2 Å². The lowest BCUT2D eigenvalue weighted by molar-refractivity contribution is -0.0277. The lowest BCUT2D eigenvalue weighted by atomic mass is 9.72. The van der Waals surface area contributed by atoms with Gasteiger partial charge in [-0.15, -0.1) is 0 Å². The molecule has 0 radical (unpaired) electrons. The van der Waals surface area contributed by atoms with Crippen molar-refractivity contribution in [3.63, 3.8) is 0 Å². The molecule has 0 unspecified atom stereocenters. The molecule has 0 saturated heterocycles. The van der Waals surface area contributed by atoms with Gasteiger partial charge in [-0.1, -0.05) is 43.5 Å². The highest BCUT2D eigenvalue weighted by Gasteiger charge is 2.38. The van der Waals surface area contributed by atoms with Gasteiger partial charge in [0.25, 0.3) is 0 Å². The maximum absolute atomic E-state index is 11.3. The van der Waals surface area contributed by atoms with Crippen molar-refractivity contribution in [2.45, 2.75) is 50.2 Å². The molecule has 20 heavy (non-hydrogen) atoms. The van der Waals surface area contributed by atoms with Gasteiger partial charge in [-0.3, -0.25) is 0 Å². The molecule has 1 fully saturated rings. The van der Waals surface area contributed by atoms with Crippen molar-refractivity contribution in [2.24, 2.45) is 0 Å². The zero-order valence-electron chi connectivity index (χ0n) is 17.0. The molecule has 0 aliphatic heterocycles. The molecule has 0 amide bonds. The van der Waals surface area contributed by atoms with Gasteiger partial charge in [0.1, 0.15) is 0 Å². The molecular formula is C17H27NO2. The number of likely N-dealkylation sites (N-methyl/N-ethyl adjacent to an activating group) is 1. The Kier molecular flexibility index (Phi) is 3.33. The standard InChI is InChI=1S/C17H27NO2/c1-18(2)12-16(17(20)10-4-3-5-11-17)15-8-6-14(13-19)7-9-15/h6-9,16,19-20H,3-5,10-13H2,1-2H3/t16-/m0/s1/i1D3,12D2. The molecule has 0 bridgehead atoms. The molecule has 0 aromatic heterocycles. The normalized spacial score (nSPS) is 25.1. The van der Waals surface area contributed by atoms with Gasteiger partial charge in [-0.25, -0.2) is 0 Å². The van der Waals surface area contributed by atoms with E-state index in [2.05, 4.69) is 0 Å². The minimum Gasteiger partial charge on any atom is -0.392 e. The first-order chi connectivity index (χ1) is 11.5. The molecule has 2 rings (SSSR count). The number of hydrogen-bond donors (Lipinski definition) is 2. The zero-order chi connectivity index (χ0) is 18.9. The van der Waals surface area contributed by atoms with Crippen molar-refractivity contribution < 1.29 is 17.1 Å². The second-order valence-electron chi connectivity index (χ2n) is 5.69.